The van der Waals surface area contributed by atoms with Crippen LogP contribution in [0.3, 0.4) is 0 Å². The molecule has 3 rings (SSSR count). The number of aromatic nitrogens is 4. The number of thioether (sulfide) groups is 1. The van der Waals surface area contributed by atoms with E-state index in [0.29, 0.717) is 23.2 Å². The lowest BCUT2D eigenvalue weighted by Crippen LogP contribution is -2.15. The van der Waals surface area contributed by atoms with E-state index in [1.807, 2.05) is 6.07 Å². The van der Waals surface area contributed by atoms with Gasteiger partial charge in [-0.15, -0.1) is 16.8 Å². The first kappa shape index (κ1) is 21.8. The quantitative estimate of drug-likeness (QED) is 0.405. The molecule has 1 aromatic carbocycles. The van der Waals surface area contributed by atoms with Gasteiger partial charge in [0.05, 0.1) is 16.3 Å². The summed E-state index contributed by atoms with van der Waals surface area (Å²) in [4.78, 5) is 16.5. The fourth-order valence-electron chi connectivity index (χ4n) is 2.52. The first-order chi connectivity index (χ1) is 14.3. The lowest BCUT2D eigenvalue weighted by Gasteiger charge is -2.12. The molecule has 3 aromatic rings. The van der Waals surface area contributed by atoms with Crippen molar-refractivity contribution in [2.75, 3.05) is 11.1 Å². The van der Waals surface area contributed by atoms with Crippen molar-refractivity contribution in [2.24, 2.45) is 0 Å². The number of hydrogen-bond donors (Lipinski definition) is 1. The van der Waals surface area contributed by atoms with Crippen LogP contribution in [0.15, 0.2) is 60.4 Å². The molecule has 11 heteroatoms. The molecular weight excluding hydrogens is 439 g/mol. The number of halogens is 4. The molecule has 1 amide bonds. The van der Waals surface area contributed by atoms with Crippen molar-refractivity contribution in [3.05, 3.63) is 65.8 Å². The maximum Gasteiger partial charge on any atom is 0.417 e. The van der Waals surface area contributed by atoms with E-state index in [1.165, 1.54) is 6.07 Å². The second kappa shape index (κ2) is 9.31. The van der Waals surface area contributed by atoms with E-state index in [0.717, 1.165) is 23.9 Å². The second-order valence-electron chi connectivity index (χ2n) is 5.95. The standard InChI is InChI=1S/C19H15ClF3N5OS/c1-2-9-28-17(15-5-3-4-8-24-15)26-27-18(28)30-11-16(29)25-12-6-7-14(20)13(10-12)19(21,22)23/h2-8,10H,1,9,11H2,(H,25,29). The first-order valence-corrected chi connectivity index (χ1v) is 9.91. The van der Waals surface area contributed by atoms with Crippen LogP contribution in [0.25, 0.3) is 11.5 Å². The van der Waals surface area contributed by atoms with Crippen molar-refractivity contribution in [1.29, 1.82) is 0 Å². The highest BCUT2D eigenvalue weighted by Crippen LogP contribution is 2.36. The summed E-state index contributed by atoms with van der Waals surface area (Å²) in [5.74, 6) is -0.0597. The van der Waals surface area contributed by atoms with Crippen LogP contribution in [-0.2, 0) is 17.5 Å². The second-order valence-corrected chi connectivity index (χ2v) is 7.30. The number of anilines is 1. The zero-order chi connectivity index (χ0) is 21.7. The number of amides is 1. The Morgan fingerprint density at radius 2 is 2.07 bits per heavy atom. The molecule has 6 nitrogen and oxygen atoms in total. The topological polar surface area (TPSA) is 72.7 Å². The molecule has 0 aliphatic heterocycles. The molecule has 0 radical (unpaired) electrons. The van der Waals surface area contributed by atoms with Crippen LogP contribution in [0, 0.1) is 0 Å². The van der Waals surface area contributed by atoms with Gasteiger partial charge in [0.15, 0.2) is 11.0 Å². The number of pyridine rings is 1. The number of carbonyl (C=O) groups excluding carboxylic acids is 1. The number of hydrogen-bond acceptors (Lipinski definition) is 5. The lowest BCUT2D eigenvalue weighted by molar-refractivity contribution is -0.137. The minimum absolute atomic E-state index is 0.000872. The zero-order valence-corrected chi connectivity index (χ0v) is 16.9. The molecule has 0 fully saturated rings. The van der Waals surface area contributed by atoms with Gasteiger partial charge in [0.25, 0.3) is 0 Å². The Bertz CT molecular complexity index is 1060. The largest absolute Gasteiger partial charge is 0.417 e. The molecule has 0 saturated heterocycles. The van der Waals surface area contributed by atoms with E-state index in [1.54, 1.807) is 29.0 Å². The molecule has 0 atom stereocenters. The highest BCUT2D eigenvalue weighted by Gasteiger charge is 2.33. The van der Waals surface area contributed by atoms with Crippen LogP contribution in [-0.4, -0.2) is 31.4 Å². The van der Waals surface area contributed by atoms with Crippen LogP contribution in [0.4, 0.5) is 18.9 Å². The molecule has 0 unspecified atom stereocenters. The van der Waals surface area contributed by atoms with Gasteiger partial charge in [-0.05, 0) is 30.3 Å². The molecule has 0 saturated carbocycles. The van der Waals surface area contributed by atoms with Gasteiger partial charge in [-0.1, -0.05) is 35.5 Å². The Kier molecular flexibility index (Phi) is 6.78. The van der Waals surface area contributed by atoms with Crippen molar-refractivity contribution < 1.29 is 18.0 Å². The Morgan fingerprint density at radius 1 is 1.27 bits per heavy atom. The third-order valence-corrected chi connectivity index (χ3v) is 5.11. The molecule has 1 N–H and O–H groups in total. The number of rotatable bonds is 7. The van der Waals surface area contributed by atoms with E-state index in [9.17, 15) is 18.0 Å². The number of allylic oxidation sites excluding steroid dienone is 1. The zero-order valence-electron chi connectivity index (χ0n) is 15.4. The highest BCUT2D eigenvalue weighted by atomic mass is 35.5. The van der Waals surface area contributed by atoms with Gasteiger partial charge >= 0.3 is 6.18 Å². The minimum atomic E-state index is -4.62. The number of carbonyl (C=O) groups is 1. The summed E-state index contributed by atoms with van der Waals surface area (Å²) in [5.41, 5.74) is -0.400. The van der Waals surface area contributed by atoms with Gasteiger partial charge in [0, 0.05) is 18.4 Å². The van der Waals surface area contributed by atoms with E-state index >= 15 is 0 Å². The van der Waals surface area contributed by atoms with E-state index in [-0.39, 0.29) is 11.4 Å². The minimum Gasteiger partial charge on any atom is -0.325 e. The Balaban J connectivity index is 1.71. The monoisotopic (exact) mass is 453 g/mol. The van der Waals surface area contributed by atoms with Gasteiger partial charge in [0.2, 0.25) is 5.91 Å². The van der Waals surface area contributed by atoms with Crippen molar-refractivity contribution in [1.82, 2.24) is 19.7 Å². The first-order valence-electron chi connectivity index (χ1n) is 8.54. The highest BCUT2D eigenvalue weighted by molar-refractivity contribution is 7.99. The summed E-state index contributed by atoms with van der Waals surface area (Å²) >= 11 is 6.69. The average molecular weight is 454 g/mol. The molecule has 0 aliphatic carbocycles. The smallest absolute Gasteiger partial charge is 0.325 e. The SMILES string of the molecule is C=CCn1c(SCC(=O)Nc2ccc(Cl)c(C(F)(F)F)c2)nnc1-c1ccccn1. The predicted molar refractivity (Wildman–Crippen MR) is 109 cm³/mol. The summed E-state index contributed by atoms with van der Waals surface area (Å²) in [6.45, 7) is 4.11. The summed E-state index contributed by atoms with van der Waals surface area (Å²) in [5, 5.41) is 10.7. The number of nitrogens with one attached hydrogen (secondary N) is 1. The number of alkyl halides is 3. The van der Waals surface area contributed by atoms with E-state index in [2.05, 4.69) is 27.1 Å². The van der Waals surface area contributed by atoms with Crippen molar-refractivity contribution in [3.63, 3.8) is 0 Å². The summed E-state index contributed by atoms with van der Waals surface area (Å²) in [6.07, 6.45) is -1.33. The van der Waals surface area contributed by atoms with Gasteiger partial charge < -0.3 is 5.32 Å². The third kappa shape index (κ3) is 5.19. The van der Waals surface area contributed by atoms with Crippen LogP contribution in [0.5, 0.6) is 0 Å². The Labute approximate surface area is 179 Å². The van der Waals surface area contributed by atoms with Crippen molar-refractivity contribution in [2.45, 2.75) is 17.9 Å². The van der Waals surface area contributed by atoms with Crippen LogP contribution in [0.1, 0.15) is 5.56 Å². The summed E-state index contributed by atoms with van der Waals surface area (Å²) < 4.78 is 40.6. The molecule has 0 spiro atoms. The van der Waals surface area contributed by atoms with E-state index < -0.39 is 22.7 Å². The van der Waals surface area contributed by atoms with E-state index in [4.69, 9.17) is 11.6 Å². The third-order valence-electron chi connectivity index (χ3n) is 3.81. The molecule has 0 bridgehead atoms. The fourth-order valence-corrected chi connectivity index (χ4v) is 3.49. The van der Waals surface area contributed by atoms with Gasteiger partial charge in [-0.25, -0.2) is 0 Å². The average Bonchev–Trinajstić information content (AvgIpc) is 3.10. The molecule has 2 aromatic heterocycles. The Hall–Kier alpha value is -2.85. The molecule has 30 heavy (non-hydrogen) atoms. The van der Waals surface area contributed by atoms with Gasteiger partial charge in [0.1, 0.15) is 5.69 Å². The van der Waals surface area contributed by atoms with Crippen LogP contribution in [0.2, 0.25) is 5.02 Å². The maximum atomic E-state index is 13.0. The molecule has 156 valence electrons. The summed E-state index contributed by atoms with van der Waals surface area (Å²) in [7, 11) is 0. The maximum absolute atomic E-state index is 13.0. The van der Waals surface area contributed by atoms with Crippen molar-refractivity contribution in [3.8, 4) is 11.5 Å². The van der Waals surface area contributed by atoms with Crippen LogP contribution >= 0.6 is 23.4 Å². The predicted octanol–water partition coefficient (Wildman–Crippen LogP) is 4.93. The number of benzene rings is 1. The van der Waals surface area contributed by atoms with Gasteiger partial charge in [-0.3, -0.25) is 14.3 Å². The summed E-state index contributed by atoms with van der Waals surface area (Å²) in [6, 6.07) is 8.57. The molecule has 2 heterocycles. The fraction of sp³-hybridized carbons (Fsp3) is 0.158. The normalized spacial score (nSPS) is 11.3. The lowest BCUT2D eigenvalue weighted by atomic mass is 10.2. The number of nitrogens with zero attached hydrogens (tertiary/aromatic N) is 4. The van der Waals surface area contributed by atoms with Gasteiger partial charge in [-0.2, -0.15) is 13.2 Å². The van der Waals surface area contributed by atoms with Crippen LogP contribution < -0.4 is 5.32 Å². The van der Waals surface area contributed by atoms with Crippen molar-refractivity contribution >= 4 is 35.0 Å². The molecule has 0 aliphatic rings. The molecular formula is C19H15ClF3N5OS. The Morgan fingerprint density at radius 3 is 2.73 bits per heavy atom.